The van der Waals surface area contributed by atoms with E-state index in [1.54, 1.807) is 18.2 Å². The number of hydrogen-bond donors (Lipinski definition) is 2. The van der Waals surface area contributed by atoms with Gasteiger partial charge in [0.2, 0.25) is 0 Å². The number of carbonyl (C=O) groups is 1. The van der Waals surface area contributed by atoms with E-state index < -0.39 is 23.3 Å². The molecule has 0 saturated heterocycles. The lowest BCUT2D eigenvalue weighted by atomic mass is 10.1. The van der Waals surface area contributed by atoms with Crippen LogP contribution < -0.4 is 5.32 Å². The van der Waals surface area contributed by atoms with Gasteiger partial charge >= 0.3 is 5.97 Å². The first-order chi connectivity index (χ1) is 9.93. The molecule has 7 heteroatoms. The van der Waals surface area contributed by atoms with E-state index in [-0.39, 0.29) is 10.6 Å². The third-order valence-electron chi connectivity index (χ3n) is 2.76. The van der Waals surface area contributed by atoms with Crippen LogP contribution in [0.5, 0.6) is 0 Å². The summed E-state index contributed by atoms with van der Waals surface area (Å²) in [6.45, 7) is 0. The number of rotatable bonds is 4. The Morgan fingerprint density at radius 2 is 2.00 bits per heavy atom. The first-order valence-electron chi connectivity index (χ1n) is 5.76. The number of hydrogen-bond acceptors (Lipinski definition) is 3. The summed E-state index contributed by atoms with van der Waals surface area (Å²) < 4.78 is 27.1. The molecular weight excluding hydrogens is 320 g/mol. The Balaban J connectivity index is 2.48. The van der Waals surface area contributed by atoms with E-state index in [1.807, 2.05) is 6.26 Å². The van der Waals surface area contributed by atoms with E-state index >= 15 is 0 Å². The molecule has 110 valence electrons. The molecule has 0 bridgehead atoms. The van der Waals surface area contributed by atoms with Crippen LogP contribution in [0.15, 0.2) is 35.2 Å². The number of benzene rings is 2. The van der Waals surface area contributed by atoms with E-state index in [4.69, 9.17) is 16.7 Å². The molecule has 3 nitrogen and oxygen atoms in total. The fourth-order valence-corrected chi connectivity index (χ4v) is 2.44. The summed E-state index contributed by atoms with van der Waals surface area (Å²) in [6.07, 6.45) is 1.87. The Morgan fingerprint density at radius 1 is 1.29 bits per heavy atom. The van der Waals surface area contributed by atoms with Crippen molar-refractivity contribution in [2.75, 3.05) is 11.6 Å². The van der Waals surface area contributed by atoms with Crippen molar-refractivity contribution in [2.24, 2.45) is 0 Å². The summed E-state index contributed by atoms with van der Waals surface area (Å²) >= 11 is 7.51. The minimum Gasteiger partial charge on any atom is -0.478 e. The van der Waals surface area contributed by atoms with Crippen LogP contribution in [0.4, 0.5) is 20.2 Å². The minimum atomic E-state index is -1.37. The number of carboxylic acid groups (broad SMARTS) is 1. The molecule has 2 rings (SSSR count). The van der Waals surface area contributed by atoms with Gasteiger partial charge in [0.1, 0.15) is 0 Å². The molecule has 0 heterocycles. The second kappa shape index (κ2) is 6.32. The van der Waals surface area contributed by atoms with Gasteiger partial charge in [-0.2, -0.15) is 0 Å². The molecule has 2 aromatic rings. The normalized spacial score (nSPS) is 10.5. The van der Waals surface area contributed by atoms with Crippen LogP contribution in [0, 0.1) is 11.6 Å². The fourth-order valence-electron chi connectivity index (χ4n) is 1.71. The monoisotopic (exact) mass is 329 g/mol. The predicted molar refractivity (Wildman–Crippen MR) is 79.8 cm³/mol. The average Bonchev–Trinajstić information content (AvgIpc) is 2.45. The quantitative estimate of drug-likeness (QED) is 0.792. The van der Waals surface area contributed by atoms with Gasteiger partial charge < -0.3 is 10.4 Å². The van der Waals surface area contributed by atoms with Crippen molar-refractivity contribution in [1.82, 2.24) is 0 Å². The van der Waals surface area contributed by atoms with Gasteiger partial charge in [-0.25, -0.2) is 13.6 Å². The molecule has 0 radical (unpaired) electrons. The summed E-state index contributed by atoms with van der Waals surface area (Å²) in [7, 11) is 0. The smallest absolute Gasteiger partial charge is 0.337 e. The minimum absolute atomic E-state index is 0.279. The lowest BCUT2D eigenvalue weighted by Crippen LogP contribution is -2.06. The molecule has 0 aromatic heterocycles. The third-order valence-corrected chi connectivity index (χ3v) is 3.80. The van der Waals surface area contributed by atoms with Gasteiger partial charge in [0.15, 0.2) is 11.6 Å². The Morgan fingerprint density at radius 3 is 2.57 bits per heavy atom. The van der Waals surface area contributed by atoms with Gasteiger partial charge in [0.25, 0.3) is 0 Å². The van der Waals surface area contributed by atoms with E-state index in [0.29, 0.717) is 5.69 Å². The highest BCUT2D eigenvalue weighted by Crippen LogP contribution is 2.32. The van der Waals surface area contributed by atoms with Crippen molar-refractivity contribution >= 4 is 40.7 Å². The molecule has 2 N–H and O–H groups in total. The third kappa shape index (κ3) is 3.28. The van der Waals surface area contributed by atoms with Crippen LogP contribution in [0.3, 0.4) is 0 Å². The van der Waals surface area contributed by atoms with Crippen molar-refractivity contribution in [3.8, 4) is 0 Å². The molecule has 0 aliphatic carbocycles. The maximum atomic E-state index is 13.8. The zero-order valence-corrected chi connectivity index (χ0v) is 12.4. The van der Waals surface area contributed by atoms with E-state index in [9.17, 15) is 13.6 Å². The largest absolute Gasteiger partial charge is 0.478 e. The second-order valence-corrected chi connectivity index (χ2v) is 5.35. The van der Waals surface area contributed by atoms with Gasteiger partial charge in [0, 0.05) is 4.90 Å². The van der Waals surface area contributed by atoms with Gasteiger partial charge in [0.05, 0.1) is 22.0 Å². The van der Waals surface area contributed by atoms with Crippen molar-refractivity contribution in [1.29, 1.82) is 0 Å². The van der Waals surface area contributed by atoms with Gasteiger partial charge in [-0.1, -0.05) is 11.6 Å². The van der Waals surface area contributed by atoms with Gasteiger partial charge in [-0.05, 0) is 36.6 Å². The second-order valence-electron chi connectivity index (χ2n) is 4.06. The van der Waals surface area contributed by atoms with Crippen LogP contribution in [0.25, 0.3) is 0 Å². The molecule has 0 amide bonds. The summed E-state index contributed by atoms with van der Waals surface area (Å²) in [4.78, 5) is 12.0. The van der Waals surface area contributed by atoms with E-state index in [0.717, 1.165) is 17.0 Å². The summed E-state index contributed by atoms with van der Waals surface area (Å²) in [5.41, 5.74) is -0.540. The highest BCUT2D eigenvalue weighted by Gasteiger charge is 2.19. The van der Waals surface area contributed by atoms with Crippen LogP contribution in [-0.2, 0) is 0 Å². The lowest BCUT2D eigenvalue weighted by Gasteiger charge is -2.13. The molecule has 0 saturated carbocycles. The Hall–Kier alpha value is -1.79. The first kappa shape index (κ1) is 15.6. The molecule has 21 heavy (non-hydrogen) atoms. The summed E-state index contributed by atoms with van der Waals surface area (Å²) in [5.74, 6) is -3.77. The Labute approximate surface area is 128 Å². The highest BCUT2D eigenvalue weighted by molar-refractivity contribution is 7.98. The maximum Gasteiger partial charge on any atom is 0.337 e. The molecular formula is C14H10ClF2NO2S. The topological polar surface area (TPSA) is 49.3 Å². The molecule has 0 aliphatic heterocycles. The first-order valence-corrected chi connectivity index (χ1v) is 7.36. The SMILES string of the molecule is CSc1ccc(Nc2c(C(=O)O)ccc(F)c2F)c(Cl)c1. The molecule has 0 atom stereocenters. The molecule has 0 spiro atoms. The summed E-state index contributed by atoms with van der Waals surface area (Å²) in [5, 5.41) is 11.9. The Bertz CT molecular complexity index is 710. The highest BCUT2D eigenvalue weighted by atomic mass is 35.5. The van der Waals surface area contributed by atoms with Crippen LogP contribution in [0.2, 0.25) is 5.02 Å². The van der Waals surface area contributed by atoms with Gasteiger partial charge in [-0.3, -0.25) is 0 Å². The van der Waals surface area contributed by atoms with Crippen molar-refractivity contribution in [3.63, 3.8) is 0 Å². The zero-order chi connectivity index (χ0) is 15.6. The zero-order valence-electron chi connectivity index (χ0n) is 10.8. The lowest BCUT2D eigenvalue weighted by molar-refractivity contribution is 0.0697. The van der Waals surface area contributed by atoms with Crippen molar-refractivity contribution < 1.29 is 18.7 Å². The number of carboxylic acids is 1. The average molecular weight is 330 g/mol. The molecule has 0 fully saturated rings. The van der Waals surface area contributed by atoms with E-state index in [1.165, 1.54) is 11.8 Å². The number of anilines is 2. The number of halogens is 3. The number of nitrogens with one attached hydrogen (secondary N) is 1. The molecule has 0 aliphatic rings. The van der Waals surface area contributed by atoms with E-state index in [2.05, 4.69) is 5.32 Å². The summed E-state index contributed by atoms with van der Waals surface area (Å²) in [6, 6.07) is 6.71. The van der Waals surface area contributed by atoms with Gasteiger partial charge in [-0.15, -0.1) is 11.8 Å². The van der Waals surface area contributed by atoms with Crippen molar-refractivity contribution in [2.45, 2.75) is 4.90 Å². The number of thioether (sulfide) groups is 1. The maximum absolute atomic E-state index is 13.8. The standard InChI is InChI=1S/C14H10ClF2NO2S/c1-21-7-2-5-11(9(15)6-7)18-13-8(14(19)20)3-4-10(16)12(13)17/h2-6,18H,1H3,(H,19,20). The molecule has 0 unspecified atom stereocenters. The van der Waals surface area contributed by atoms with Crippen LogP contribution in [0.1, 0.15) is 10.4 Å². The molecule has 2 aromatic carbocycles. The fraction of sp³-hybridized carbons (Fsp3) is 0.0714. The van der Waals surface area contributed by atoms with Crippen LogP contribution in [-0.4, -0.2) is 17.3 Å². The number of aromatic carboxylic acids is 1. The van der Waals surface area contributed by atoms with Crippen molar-refractivity contribution in [3.05, 3.63) is 52.6 Å². The Kier molecular flexibility index (Phi) is 4.69. The predicted octanol–water partition coefficient (Wildman–Crippen LogP) is 4.78. The van der Waals surface area contributed by atoms with Crippen LogP contribution >= 0.6 is 23.4 Å².